The van der Waals surface area contributed by atoms with Crippen LogP contribution in [0.3, 0.4) is 0 Å². The van der Waals surface area contributed by atoms with Gasteiger partial charge in [0.15, 0.2) is 5.76 Å². The van der Waals surface area contributed by atoms with E-state index < -0.39 is 21.5 Å². The van der Waals surface area contributed by atoms with Crippen molar-refractivity contribution in [2.24, 2.45) is 5.14 Å². The van der Waals surface area contributed by atoms with Gasteiger partial charge in [-0.15, -0.1) is 16.4 Å². The highest BCUT2D eigenvalue weighted by atomic mass is 32.2. The largest absolute Gasteiger partial charge is 0.475 e. The molecule has 0 aliphatic carbocycles. The maximum Gasteiger partial charge on any atom is 0.371 e. The Morgan fingerprint density at radius 3 is 2.67 bits per heavy atom. The number of likely N-dealkylation sites (tertiary alicyclic amines) is 1. The van der Waals surface area contributed by atoms with E-state index in [1.54, 1.807) is 22.7 Å². The average molecular weight is 494 g/mol. The molecule has 1 amide bonds. The first-order valence-corrected chi connectivity index (χ1v) is 12.4. The molecule has 0 radical (unpaired) electrons. The number of aromatic carboxylic acids is 1. The number of carboxylic acid groups (broad SMARTS) is 1. The van der Waals surface area contributed by atoms with E-state index in [1.165, 1.54) is 18.2 Å². The molecule has 0 saturated carbocycles. The number of piperidine rings is 1. The van der Waals surface area contributed by atoms with Crippen LogP contribution in [0.15, 0.2) is 33.7 Å². The summed E-state index contributed by atoms with van der Waals surface area (Å²) < 4.78 is 30.5. The molecule has 0 bridgehead atoms. The lowest BCUT2D eigenvalue weighted by atomic mass is 9.88. The Balaban J connectivity index is 1.58. The van der Waals surface area contributed by atoms with Crippen molar-refractivity contribution in [1.82, 2.24) is 19.9 Å². The number of furan rings is 1. The van der Waals surface area contributed by atoms with Crippen molar-refractivity contribution in [3.8, 4) is 11.5 Å². The van der Waals surface area contributed by atoms with Gasteiger partial charge in [0.05, 0.1) is 22.0 Å². The quantitative estimate of drug-likeness (QED) is 0.548. The van der Waals surface area contributed by atoms with Crippen molar-refractivity contribution in [3.63, 3.8) is 0 Å². The highest BCUT2D eigenvalue weighted by molar-refractivity contribution is 7.89. The SMILES string of the molecule is Cc1sc(C(=O)N2CC(n3cc(-c4ccc(C(=O)O)o4)nn3)CCC2(C)C)cc1S(N)(=O)=O. The molecule has 3 aromatic rings. The van der Waals surface area contributed by atoms with Gasteiger partial charge in [-0.25, -0.2) is 23.0 Å². The van der Waals surface area contributed by atoms with Gasteiger partial charge in [-0.05, 0) is 51.8 Å². The van der Waals surface area contributed by atoms with Crippen molar-refractivity contribution in [2.45, 2.75) is 50.1 Å². The normalized spacial score (nSPS) is 18.4. The van der Waals surface area contributed by atoms with Gasteiger partial charge >= 0.3 is 5.97 Å². The van der Waals surface area contributed by atoms with Gasteiger partial charge in [-0.3, -0.25) is 4.79 Å². The number of primary sulfonamides is 1. The zero-order valence-corrected chi connectivity index (χ0v) is 19.8. The van der Waals surface area contributed by atoms with Gasteiger partial charge in [-0.1, -0.05) is 5.21 Å². The maximum atomic E-state index is 13.4. The van der Waals surface area contributed by atoms with Crippen molar-refractivity contribution < 1.29 is 27.5 Å². The minimum Gasteiger partial charge on any atom is -0.475 e. The third kappa shape index (κ3) is 4.43. The predicted molar refractivity (Wildman–Crippen MR) is 118 cm³/mol. The molecule has 4 rings (SSSR count). The molecular formula is C20H23N5O6S2. The van der Waals surface area contributed by atoms with Gasteiger partial charge in [0.2, 0.25) is 15.8 Å². The number of hydrogen-bond donors (Lipinski definition) is 2. The van der Waals surface area contributed by atoms with Gasteiger partial charge in [0.1, 0.15) is 5.69 Å². The molecule has 0 spiro atoms. The van der Waals surface area contributed by atoms with Crippen LogP contribution in [0.1, 0.15) is 57.8 Å². The lowest BCUT2D eigenvalue weighted by Crippen LogP contribution is -2.53. The Morgan fingerprint density at radius 1 is 1.33 bits per heavy atom. The van der Waals surface area contributed by atoms with E-state index in [9.17, 15) is 18.0 Å². The number of nitrogens with two attached hydrogens (primary N) is 1. The molecule has 3 aromatic heterocycles. The molecule has 11 nitrogen and oxygen atoms in total. The second-order valence-corrected chi connectivity index (χ2v) is 11.3. The summed E-state index contributed by atoms with van der Waals surface area (Å²) in [5.74, 6) is -1.36. The van der Waals surface area contributed by atoms with E-state index in [2.05, 4.69) is 10.3 Å². The molecule has 33 heavy (non-hydrogen) atoms. The summed E-state index contributed by atoms with van der Waals surface area (Å²) >= 11 is 1.10. The Morgan fingerprint density at radius 2 is 2.06 bits per heavy atom. The molecule has 4 heterocycles. The standard InChI is InChI=1S/C20H23N5O6S2/c1-11-17(33(21,29)30)8-16(32-11)18(26)24-9-12(6-7-20(24,2)3)25-10-13(22-23-25)14-4-5-15(31-14)19(27)28/h4-5,8,10,12H,6-7,9H2,1-3H3,(H,27,28)(H2,21,29,30). The van der Waals surface area contributed by atoms with Crippen LogP contribution < -0.4 is 5.14 Å². The Kier molecular flexibility index (Phi) is 5.66. The number of amides is 1. The fourth-order valence-electron chi connectivity index (χ4n) is 3.92. The number of rotatable bonds is 5. The fourth-order valence-corrected chi connectivity index (χ4v) is 6.02. The fraction of sp³-hybridized carbons (Fsp3) is 0.400. The number of nitrogens with zero attached hydrogens (tertiary/aromatic N) is 4. The molecule has 0 aromatic carbocycles. The van der Waals surface area contributed by atoms with E-state index in [1.807, 2.05) is 13.8 Å². The number of carboxylic acids is 1. The first-order valence-electron chi connectivity index (χ1n) is 10.1. The number of aromatic nitrogens is 3. The zero-order chi connectivity index (χ0) is 24.1. The van der Waals surface area contributed by atoms with Gasteiger partial charge in [-0.2, -0.15) is 0 Å². The zero-order valence-electron chi connectivity index (χ0n) is 18.2. The minimum absolute atomic E-state index is 0.0395. The molecule has 1 saturated heterocycles. The monoisotopic (exact) mass is 493 g/mol. The third-order valence-electron chi connectivity index (χ3n) is 5.80. The molecule has 1 fully saturated rings. The Labute approximate surface area is 193 Å². The number of carbonyl (C=O) groups is 2. The molecule has 1 atom stereocenters. The lowest BCUT2D eigenvalue weighted by Gasteiger charge is -2.45. The van der Waals surface area contributed by atoms with E-state index in [0.717, 1.165) is 17.8 Å². The topological polar surface area (TPSA) is 162 Å². The molecule has 1 aliphatic rings. The van der Waals surface area contributed by atoms with Crippen molar-refractivity contribution in [3.05, 3.63) is 39.9 Å². The number of hydrogen-bond acceptors (Lipinski definition) is 8. The highest BCUT2D eigenvalue weighted by Crippen LogP contribution is 2.36. The summed E-state index contributed by atoms with van der Waals surface area (Å²) in [4.78, 5) is 26.9. The Bertz CT molecular complexity index is 1340. The van der Waals surface area contributed by atoms with Crippen LogP contribution in [-0.4, -0.2) is 57.4 Å². The van der Waals surface area contributed by atoms with Crippen LogP contribution in [0.4, 0.5) is 0 Å². The second kappa shape index (κ2) is 8.08. The summed E-state index contributed by atoms with van der Waals surface area (Å²) in [6, 6.07) is 4.02. The lowest BCUT2D eigenvalue weighted by molar-refractivity contribution is 0.0313. The van der Waals surface area contributed by atoms with E-state index in [0.29, 0.717) is 28.4 Å². The minimum atomic E-state index is -3.92. The van der Waals surface area contributed by atoms with Crippen LogP contribution in [0.2, 0.25) is 0 Å². The molecule has 3 N–H and O–H groups in total. The van der Waals surface area contributed by atoms with E-state index in [4.69, 9.17) is 14.7 Å². The summed E-state index contributed by atoms with van der Waals surface area (Å²) in [6.45, 7) is 5.89. The van der Waals surface area contributed by atoms with Crippen LogP contribution in [0.5, 0.6) is 0 Å². The van der Waals surface area contributed by atoms with E-state index >= 15 is 0 Å². The first kappa shape index (κ1) is 23.1. The van der Waals surface area contributed by atoms with Gasteiger partial charge in [0, 0.05) is 17.0 Å². The third-order valence-corrected chi connectivity index (χ3v) is 8.01. The van der Waals surface area contributed by atoms with Gasteiger partial charge < -0.3 is 14.4 Å². The second-order valence-electron chi connectivity index (χ2n) is 8.55. The molecule has 1 aliphatic heterocycles. The van der Waals surface area contributed by atoms with Crippen molar-refractivity contribution in [2.75, 3.05) is 6.54 Å². The summed E-state index contributed by atoms with van der Waals surface area (Å²) in [6.07, 6.45) is 3.09. The summed E-state index contributed by atoms with van der Waals surface area (Å²) in [5.41, 5.74) is -0.0643. The van der Waals surface area contributed by atoms with Crippen LogP contribution in [-0.2, 0) is 10.0 Å². The van der Waals surface area contributed by atoms with Crippen LogP contribution in [0, 0.1) is 6.92 Å². The van der Waals surface area contributed by atoms with Crippen molar-refractivity contribution >= 4 is 33.2 Å². The first-order chi connectivity index (χ1) is 15.4. The molecule has 13 heteroatoms. The number of thiophene rings is 1. The van der Waals surface area contributed by atoms with Crippen molar-refractivity contribution in [1.29, 1.82) is 0 Å². The summed E-state index contributed by atoms with van der Waals surface area (Å²) in [7, 11) is -3.92. The predicted octanol–water partition coefficient (Wildman–Crippen LogP) is 2.51. The number of sulfonamides is 1. The number of aryl methyl sites for hydroxylation is 1. The molecule has 176 valence electrons. The molecular weight excluding hydrogens is 470 g/mol. The summed E-state index contributed by atoms with van der Waals surface area (Å²) in [5, 5.41) is 22.5. The number of carbonyl (C=O) groups excluding carboxylic acids is 1. The highest BCUT2D eigenvalue weighted by Gasteiger charge is 2.39. The average Bonchev–Trinajstić information content (AvgIpc) is 3.45. The smallest absolute Gasteiger partial charge is 0.371 e. The molecule has 1 unspecified atom stereocenters. The van der Waals surface area contributed by atoms with Crippen LogP contribution >= 0.6 is 11.3 Å². The Hall–Kier alpha value is -3.03. The van der Waals surface area contributed by atoms with Gasteiger partial charge in [0.25, 0.3) is 5.91 Å². The van der Waals surface area contributed by atoms with E-state index in [-0.39, 0.29) is 28.4 Å². The maximum absolute atomic E-state index is 13.4. The van der Waals surface area contributed by atoms with Crippen LogP contribution in [0.25, 0.3) is 11.5 Å².